The van der Waals surface area contributed by atoms with Gasteiger partial charge in [-0.15, -0.1) is 12.4 Å². The zero-order valence-electron chi connectivity index (χ0n) is 14.7. The Labute approximate surface area is 150 Å². The molecule has 2 aromatic rings. The van der Waals surface area contributed by atoms with Crippen LogP contribution in [0.1, 0.15) is 25.0 Å². The van der Waals surface area contributed by atoms with Crippen molar-refractivity contribution in [3.63, 3.8) is 0 Å². The average Bonchev–Trinajstić information content (AvgIpc) is 3.02. The Hall–Kier alpha value is -1.85. The molecule has 1 unspecified atom stereocenters. The number of carbonyl (C=O) groups is 1. The summed E-state index contributed by atoms with van der Waals surface area (Å²) in [6.45, 7) is 6.93. The number of methoxy groups -OCH3 is 1. The van der Waals surface area contributed by atoms with E-state index in [0.29, 0.717) is 6.61 Å². The molecule has 1 amide bonds. The summed E-state index contributed by atoms with van der Waals surface area (Å²) in [5.41, 5.74) is 3.28. The Morgan fingerprint density at radius 1 is 1.42 bits per heavy atom. The van der Waals surface area contributed by atoms with Crippen LogP contribution in [-0.2, 0) is 22.5 Å². The van der Waals surface area contributed by atoms with Crippen LogP contribution in [0.5, 0.6) is 0 Å². The third-order valence-electron chi connectivity index (χ3n) is 3.94. The summed E-state index contributed by atoms with van der Waals surface area (Å²) in [5.74, 6) is 0.0385. The number of nitrogens with zero attached hydrogens (tertiary/aromatic N) is 3. The van der Waals surface area contributed by atoms with Gasteiger partial charge in [0.15, 0.2) is 0 Å². The van der Waals surface area contributed by atoms with Crippen molar-refractivity contribution in [2.24, 2.45) is 0 Å². The van der Waals surface area contributed by atoms with Gasteiger partial charge in [0.25, 0.3) is 0 Å². The highest BCUT2D eigenvalue weighted by Gasteiger charge is 2.25. The normalized spacial score (nSPS) is 11.7. The number of carbonyl (C=O) groups excluding carboxylic acids is 1. The molecule has 0 saturated heterocycles. The van der Waals surface area contributed by atoms with Crippen LogP contribution in [0.25, 0.3) is 0 Å². The van der Waals surface area contributed by atoms with Gasteiger partial charge >= 0.3 is 0 Å². The first-order valence-electron chi connectivity index (χ1n) is 7.93. The van der Waals surface area contributed by atoms with Crippen molar-refractivity contribution in [2.75, 3.05) is 18.6 Å². The van der Waals surface area contributed by atoms with Gasteiger partial charge in [-0.05, 0) is 31.4 Å². The molecule has 0 fully saturated rings. The maximum Gasteiger partial charge on any atom is 0.247 e. The van der Waals surface area contributed by atoms with Gasteiger partial charge < -0.3 is 14.2 Å². The van der Waals surface area contributed by atoms with E-state index in [1.807, 2.05) is 30.9 Å². The van der Waals surface area contributed by atoms with Gasteiger partial charge in [0.05, 0.1) is 24.7 Å². The van der Waals surface area contributed by atoms with Crippen molar-refractivity contribution < 1.29 is 9.53 Å². The van der Waals surface area contributed by atoms with Crippen molar-refractivity contribution in [3.8, 4) is 0 Å². The molecule has 0 aliphatic carbocycles. The second kappa shape index (κ2) is 9.45. The number of aryl methyl sites for hydroxylation is 2. The second-order valence-corrected chi connectivity index (χ2v) is 5.74. The van der Waals surface area contributed by atoms with Gasteiger partial charge in [-0.3, -0.25) is 4.79 Å². The van der Waals surface area contributed by atoms with Crippen molar-refractivity contribution in [1.29, 1.82) is 0 Å². The van der Waals surface area contributed by atoms with Gasteiger partial charge in [-0.2, -0.15) is 0 Å². The lowest BCUT2D eigenvalue weighted by Crippen LogP contribution is -2.43. The minimum atomic E-state index is -0.0394. The van der Waals surface area contributed by atoms with E-state index in [1.54, 1.807) is 30.4 Å². The van der Waals surface area contributed by atoms with Crippen LogP contribution in [0, 0.1) is 6.92 Å². The molecule has 6 heteroatoms. The molecular formula is C18H26ClN3O2. The van der Waals surface area contributed by atoms with Crippen molar-refractivity contribution in [1.82, 2.24) is 9.55 Å². The molecule has 0 aliphatic rings. The third kappa shape index (κ3) is 4.58. The molecule has 5 nitrogen and oxygen atoms in total. The van der Waals surface area contributed by atoms with Crippen molar-refractivity contribution in [2.45, 2.75) is 39.8 Å². The Kier molecular flexibility index (Phi) is 7.95. The number of hydrogen-bond acceptors (Lipinski definition) is 3. The molecule has 0 N–H and O–H groups in total. The average molecular weight is 352 g/mol. The number of anilines is 1. The highest BCUT2D eigenvalue weighted by molar-refractivity contribution is 5.95. The molecule has 1 aromatic carbocycles. The Morgan fingerprint density at radius 3 is 2.75 bits per heavy atom. The first-order valence-corrected chi connectivity index (χ1v) is 7.93. The monoisotopic (exact) mass is 351 g/mol. The lowest BCUT2D eigenvalue weighted by molar-refractivity contribution is -0.119. The smallest absolute Gasteiger partial charge is 0.247 e. The topological polar surface area (TPSA) is 47.4 Å². The number of benzene rings is 1. The van der Waals surface area contributed by atoms with Crippen molar-refractivity contribution >= 4 is 24.0 Å². The Bertz CT molecular complexity index is 644. The fourth-order valence-corrected chi connectivity index (χ4v) is 2.87. The summed E-state index contributed by atoms with van der Waals surface area (Å²) in [4.78, 5) is 18.8. The van der Waals surface area contributed by atoms with E-state index in [0.717, 1.165) is 17.7 Å². The van der Waals surface area contributed by atoms with Crippen LogP contribution in [-0.4, -0.2) is 35.2 Å². The summed E-state index contributed by atoms with van der Waals surface area (Å²) in [6.07, 6.45) is 6.03. The highest BCUT2D eigenvalue weighted by Crippen LogP contribution is 2.28. The minimum Gasteiger partial charge on any atom is -0.383 e. The standard InChI is InChI=1S/C18H25N3O2.ClH/c1-5-16-8-6-7-14(2)18(16)21(15(3)12-23-4)17(22)11-20-10-9-19-13-20;/h6-10,13,15H,5,11-12H2,1-4H3;1H. The lowest BCUT2D eigenvalue weighted by Gasteiger charge is -2.32. The van der Waals surface area contributed by atoms with Crippen LogP contribution in [0.2, 0.25) is 0 Å². The van der Waals surface area contributed by atoms with Crippen LogP contribution in [0.4, 0.5) is 5.69 Å². The van der Waals surface area contributed by atoms with E-state index in [9.17, 15) is 4.79 Å². The second-order valence-electron chi connectivity index (χ2n) is 5.74. The molecule has 0 radical (unpaired) electrons. The number of halogens is 1. The fourth-order valence-electron chi connectivity index (χ4n) is 2.87. The van der Waals surface area contributed by atoms with E-state index in [4.69, 9.17) is 4.74 Å². The zero-order chi connectivity index (χ0) is 16.8. The zero-order valence-corrected chi connectivity index (χ0v) is 15.5. The molecular weight excluding hydrogens is 326 g/mol. The van der Waals surface area contributed by atoms with E-state index in [1.165, 1.54) is 5.56 Å². The number of hydrogen-bond donors (Lipinski definition) is 0. The predicted octanol–water partition coefficient (Wildman–Crippen LogP) is 3.24. The summed E-state index contributed by atoms with van der Waals surface area (Å²) >= 11 is 0. The SMILES string of the molecule is CCc1cccc(C)c1N(C(=O)Cn1ccnc1)C(C)COC.Cl. The van der Waals surface area contributed by atoms with E-state index >= 15 is 0 Å². The number of imidazole rings is 1. The summed E-state index contributed by atoms with van der Waals surface area (Å²) < 4.78 is 7.08. The summed E-state index contributed by atoms with van der Waals surface area (Å²) in [7, 11) is 1.66. The summed E-state index contributed by atoms with van der Waals surface area (Å²) in [6, 6.07) is 6.13. The Morgan fingerprint density at radius 2 is 2.17 bits per heavy atom. The van der Waals surface area contributed by atoms with Crippen LogP contribution < -0.4 is 4.90 Å². The van der Waals surface area contributed by atoms with Gasteiger partial charge in [0.2, 0.25) is 5.91 Å². The number of aromatic nitrogens is 2. The van der Waals surface area contributed by atoms with Gasteiger partial charge in [-0.25, -0.2) is 4.98 Å². The molecule has 24 heavy (non-hydrogen) atoms. The molecule has 1 atom stereocenters. The molecule has 0 spiro atoms. The molecule has 0 saturated carbocycles. The van der Waals surface area contributed by atoms with Crippen molar-refractivity contribution in [3.05, 3.63) is 48.0 Å². The van der Waals surface area contributed by atoms with Crippen LogP contribution in [0.3, 0.4) is 0 Å². The van der Waals surface area contributed by atoms with E-state index in [-0.39, 0.29) is 30.9 Å². The fraction of sp³-hybridized carbons (Fsp3) is 0.444. The number of amides is 1. The van der Waals surface area contributed by atoms with Gasteiger partial charge in [0, 0.05) is 19.5 Å². The molecule has 1 heterocycles. The van der Waals surface area contributed by atoms with Gasteiger partial charge in [0.1, 0.15) is 6.54 Å². The molecule has 0 bridgehead atoms. The molecule has 0 aliphatic heterocycles. The predicted molar refractivity (Wildman–Crippen MR) is 98.9 cm³/mol. The van der Waals surface area contributed by atoms with Crippen LogP contribution in [0.15, 0.2) is 36.9 Å². The first kappa shape index (κ1) is 20.2. The van der Waals surface area contributed by atoms with Crippen LogP contribution >= 0.6 is 12.4 Å². The van der Waals surface area contributed by atoms with E-state index < -0.39 is 0 Å². The molecule has 2 rings (SSSR count). The van der Waals surface area contributed by atoms with E-state index in [2.05, 4.69) is 18.0 Å². The number of para-hydroxylation sites is 1. The van der Waals surface area contributed by atoms with Gasteiger partial charge in [-0.1, -0.05) is 25.1 Å². The third-order valence-corrected chi connectivity index (χ3v) is 3.94. The maximum atomic E-state index is 13.0. The summed E-state index contributed by atoms with van der Waals surface area (Å²) in [5, 5.41) is 0. The number of ether oxygens (including phenoxy) is 1. The first-order chi connectivity index (χ1) is 11.1. The quantitative estimate of drug-likeness (QED) is 0.769. The number of rotatable bonds is 7. The Balaban J connectivity index is 0.00000288. The molecule has 132 valence electrons. The molecule has 1 aromatic heterocycles. The largest absolute Gasteiger partial charge is 0.383 e. The maximum absolute atomic E-state index is 13.0. The minimum absolute atomic E-state index is 0. The lowest BCUT2D eigenvalue weighted by atomic mass is 10.0. The highest BCUT2D eigenvalue weighted by atomic mass is 35.5.